The van der Waals surface area contributed by atoms with Crippen LogP contribution in [0.25, 0.3) is 0 Å². The van der Waals surface area contributed by atoms with Gasteiger partial charge in [-0.3, -0.25) is 4.79 Å². The van der Waals surface area contributed by atoms with E-state index >= 15 is 0 Å². The summed E-state index contributed by atoms with van der Waals surface area (Å²) in [5.74, 6) is -0.160. The number of benzene rings is 1. The van der Waals surface area contributed by atoms with Crippen molar-refractivity contribution in [2.75, 3.05) is 0 Å². The Kier molecular flexibility index (Phi) is 3.00. The van der Waals surface area contributed by atoms with Gasteiger partial charge in [0.2, 0.25) is 0 Å². The van der Waals surface area contributed by atoms with Gasteiger partial charge in [-0.05, 0) is 35.3 Å². The predicted octanol–water partition coefficient (Wildman–Crippen LogP) is 3.74. The van der Waals surface area contributed by atoms with Crippen molar-refractivity contribution in [3.05, 3.63) is 35.4 Å². The summed E-state index contributed by atoms with van der Waals surface area (Å²) in [6.45, 7) is 8.62. The van der Waals surface area contributed by atoms with E-state index in [0.29, 0.717) is 5.92 Å². The van der Waals surface area contributed by atoms with Crippen LogP contribution in [-0.4, -0.2) is 11.1 Å². The lowest BCUT2D eigenvalue weighted by Crippen LogP contribution is -2.46. The van der Waals surface area contributed by atoms with Crippen LogP contribution in [0.1, 0.15) is 51.7 Å². The molecule has 2 nitrogen and oxygen atoms in total. The van der Waals surface area contributed by atoms with Crippen LogP contribution >= 0.6 is 0 Å². The zero-order chi connectivity index (χ0) is 13.6. The van der Waals surface area contributed by atoms with E-state index in [-0.39, 0.29) is 5.41 Å². The molecule has 1 aromatic rings. The minimum Gasteiger partial charge on any atom is -0.481 e. The Morgan fingerprint density at radius 3 is 2.06 bits per heavy atom. The Hall–Kier alpha value is -1.31. The third-order valence-corrected chi connectivity index (χ3v) is 4.11. The standard InChI is InChI=1S/C16H22O2/c1-11-9-16(10-11,14(17)18)13-7-5-12(6-8-13)15(2,3)4/h5-8,11H,9-10H2,1-4H3,(H,17,18). The molecule has 0 bridgehead atoms. The molecule has 0 atom stereocenters. The zero-order valence-corrected chi connectivity index (χ0v) is 11.7. The van der Waals surface area contributed by atoms with E-state index in [2.05, 4.69) is 39.8 Å². The molecule has 0 radical (unpaired) electrons. The number of hydrogen-bond acceptors (Lipinski definition) is 1. The first-order chi connectivity index (χ1) is 8.25. The van der Waals surface area contributed by atoms with Crippen LogP contribution in [0.3, 0.4) is 0 Å². The molecule has 2 rings (SSSR count). The molecule has 1 saturated carbocycles. The number of carboxylic acid groups (broad SMARTS) is 1. The third kappa shape index (κ3) is 2.05. The highest BCUT2D eigenvalue weighted by Gasteiger charge is 2.49. The highest BCUT2D eigenvalue weighted by atomic mass is 16.4. The molecule has 98 valence electrons. The summed E-state index contributed by atoms with van der Waals surface area (Å²) in [4.78, 5) is 11.5. The van der Waals surface area contributed by atoms with E-state index in [0.717, 1.165) is 18.4 Å². The van der Waals surface area contributed by atoms with Crippen LogP contribution in [0.4, 0.5) is 0 Å². The summed E-state index contributed by atoms with van der Waals surface area (Å²) in [5, 5.41) is 9.48. The summed E-state index contributed by atoms with van der Waals surface area (Å²) < 4.78 is 0. The minimum absolute atomic E-state index is 0.113. The molecule has 1 N–H and O–H groups in total. The summed E-state index contributed by atoms with van der Waals surface area (Å²) in [5.41, 5.74) is 1.69. The van der Waals surface area contributed by atoms with Crippen molar-refractivity contribution < 1.29 is 9.90 Å². The SMILES string of the molecule is CC1CC(C(=O)O)(c2ccc(C(C)(C)C)cc2)C1. The maximum Gasteiger partial charge on any atom is 0.314 e. The van der Waals surface area contributed by atoms with Gasteiger partial charge in [0.1, 0.15) is 0 Å². The lowest BCUT2D eigenvalue weighted by atomic mass is 9.59. The van der Waals surface area contributed by atoms with Crippen molar-refractivity contribution in [2.24, 2.45) is 5.92 Å². The molecule has 1 aliphatic rings. The van der Waals surface area contributed by atoms with E-state index in [4.69, 9.17) is 0 Å². The molecule has 0 aliphatic heterocycles. The molecule has 0 heterocycles. The molecule has 0 aromatic heterocycles. The van der Waals surface area contributed by atoms with E-state index in [9.17, 15) is 9.90 Å². The van der Waals surface area contributed by atoms with Crippen LogP contribution < -0.4 is 0 Å². The Morgan fingerprint density at radius 1 is 1.22 bits per heavy atom. The average Bonchev–Trinajstić information content (AvgIpc) is 2.23. The number of rotatable bonds is 2. The van der Waals surface area contributed by atoms with Crippen molar-refractivity contribution in [2.45, 2.75) is 51.4 Å². The van der Waals surface area contributed by atoms with Crippen molar-refractivity contribution in [3.8, 4) is 0 Å². The van der Waals surface area contributed by atoms with Crippen molar-refractivity contribution in [1.29, 1.82) is 0 Å². The number of carbonyl (C=O) groups is 1. The van der Waals surface area contributed by atoms with Crippen LogP contribution in [0.5, 0.6) is 0 Å². The predicted molar refractivity (Wildman–Crippen MR) is 72.9 cm³/mol. The second-order valence-corrected chi connectivity index (χ2v) is 6.73. The zero-order valence-electron chi connectivity index (χ0n) is 11.7. The van der Waals surface area contributed by atoms with E-state index in [1.807, 2.05) is 12.1 Å². The van der Waals surface area contributed by atoms with Gasteiger partial charge in [0, 0.05) is 0 Å². The Balaban J connectivity index is 2.32. The topological polar surface area (TPSA) is 37.3 Å². The molecule has 0 spiro atoms. The lowest BCUT2D eigenvalue weighted by Gasteiger charge is -2.43. The van der Waals surface area contributed by atoms with E-state index in [1.54, 1.807) is 0 Å². The molecule has 0 unspecified atom stereocenters. The van der Waals surface area contributed by atoms with Gasteiger partial charge >= 0.3 is 5.97 Å². The van der Waals surface area contributed by atoms with Crippen molar-refractivity contribution in [3.63, 3.8) is 0 Å². The normalized spacial score (nSPS) is 27.7. The molecule has 0 saturated heterocycles. The fourth-order valence-electron chi connectivity index (χ4n) is 2.95. The fraction of sp³-hybridized carbons (Fsp3) is 0.562. The van der Waals surface area contributed by atoms with Crippen molar-refractivity contribution in [1.82, 2.24) is 0 Å². The Labute approximate surface area is 109 Å². The number of carboxylic acids is 1. The monoisotopic (exact) mass is 246 g/mol. The van der Waals surface area contributed by atoms with Gasteiger partial charge < -0.3 is 5.11 Å². The van der Waals surface area contributed by atoms with Crippen LogP contribution in [-0.2, 0) is 15.6 Å². The van der Waals surface area contributed by atoms with Gasteiger partial charge in [0.15, 0.2) is 0 Å². The van der Waals surface area contributed by atoms with Gasteiger partial charge in [-0.25, -0.2) is 0 Å². The minimum atomic E-state index is -0.677. The summed E-state index contributed by atoms with van der Waals surface area (Å²) >= 11 is 0. The molecule has 1 fully saturated rings. The number of hydrogen-bond donors (Lipinski definition) is 1. The van der Waals surface area contributed by atoms with Crippen LogP contribution in [0.15, 0.2) is 24.3 Å². The lowest BCUT2D eigenvalue weighted by molar-refractivity contribution is -0.149. The van der Waals surface area contributed by atoms with Gasteiger partial charge in [0.25, 0.3) is 0 Å². The molecule has 18 heavy (non-hydrogen) atoms. The first-order valence-electron chi connectivity index (χ1n) is 6.60. The Bertz CT molecular complexity index is 445. The maximum atomic E-state index is 11.5. The number of aliphatic carboxylic acids is 1. The van der Waals surface area contributed by atoms with Crippen LogP contribution in [0.2, 0.25) is 0 Å². The quantitative estimate of drug-likeness (QED) is 0.863. The summed E-state index contributed by atoms with van der Waals surface area (Å²) in [7, 11) is 0. The second-order valence-electron chi connectivity index (χ2n) is 6.73. The fourth-order valence-corrected chi connectivity index (χ4v) is 2.95. The van der Waals surface area contributed by atoms with E-state index < -0.39 is 11.4 Å². The molecular formula is C16H22O2. The summed E-state index contributed by atoms with van der Waals surface area (Å²) in [6.07, 6.45) is 1.52. The first-order valence-corrected chi connectivity index (χ1v) is 6.60. The Morgan fingerprint density at radius 2 is 1.72 bits per heavy atom. The third-order valence-electron chi connectivity index (χ3n) is 4.11. The molecular weight excluding hydrogens is 224 g/mol. The van der Waals surface area contributed by atoms with Crippen LogP contribution in [0, 0.1) is 5.92 Å². The molecule has 1 aliphatic carbocycles. The van der Waals surface area contributed by atoms with Gasteiger partial charge in [-0.15, -0.1) is 0 Å². The molecule has 1 aromatic carbocycles. The molecule has 2 heteroatoms. The van der Waals surface area contributed by atoms with Gasteiger partial charge in [0.05, 0.1) is 5.41 Å². The largest absolute Gasteiger partial charge is 0.481 e. The average molecular weight is 246 g/mol. The first kappa shape index (κ1) is 13.1. The summed E-state index contributed by atoms with van der Waals surface area (Å²) in [6, 6.07) is 8.15. The highest BCUT2D eigenvalue weighted by molar-refractivity contribution is 5.82. The maximum absolute atomic E-state index is 11.5. The molecule has 0 amide bonds. The van der Waals surface area contributed by atoms with Gasteiger partial charge in [-0.1, -0.05) is 52.0 Å². The smallest absolute Gasteiger partial charge is 0.314 e. The highest BCUT2D eigenvalue weighted by Crippen LogP contribution is 2.48. The van der Waals surface area contributed by atoms with Gasteiger partial charge in [-0.2, -0.15) is 0 Å². The van der Waals surface area contributed by atoms with E-state index in [1.165, 1.54) is 5.56 Å². The second kappa shape index (κ2) is 4.11. The van der Waals surface area contributed by atoms with Crippen molar-refractivity contribution >= 4 is 5.97 Å².